The summed E-state index contributed by atoms with van der Waals surface area (Å²) in [6, 6.07) is 30.9. The molecule has 0 bridgehead atoms. The molecule has 2 unspecified atom stereocenters. The Morgan fingerprint density at radius 3 is 1.38 bits per heavy atom. The molecule has 48 heavy (non-hydrogen) atoms. The summed E-state index contributed by atoms with van der Waals surface area (Å²) in [7, 11) is 0. The Morgan fingerprint density at radius 1 is 0.562 bits per heavy atom. The summed E-state index contributed by atoms with van der Waals surface area (Å²) >= 11 is 0. The van der Waals surface area contributed by atoms with Crippen LogP contribution < -0.4 is 5.73 Å². The second kappa shape index (κ2) is 13.8. The fraction of sp³-hybridized carbons (Fsp3) is 0.179. The van der Waals surface area contributed by atoms with Gasteiger partial charge in [-0.05, 0) is 69.8 Å². The van der Waals surface area contributed by atoms with Gasteiger partial charge in [0.25, 0.3) is 0 Å². The standard InChI is InChI=1S/C12H9N3.C12H10O3.C12H6O3.3CH4/c3*13-11-9-5-7-3-1-2-4-8(7)6-10(9)12(14)15-11;;;/h1-6H,(H3,13,14,15);1-4,9-10H,5-6H2;1-6H;3*1H4. The second-order valence-electron chi connectivity index (χ2n) is 11.1. The van der Waals surface area contributed by atoms with Crippen molar-refractivity contribution in [1.82, 2.24) is 0 Å². The van der Waals surface area contributed by atoms with Gasteiger partial charge in [0.15, 0.2) is 5.84 Å². The zero-order chi connectivity index (χ0) is 31.2. The number of carbonyl (C=O) groups is 4. The van der Waals surface area contributed by atoms with Crippen LogP contribution in [0.25, 0.3) is 21.5 Å². The summed E-state index contributed by atoms with van der Waals surface area (Å²) < 4.78 is 9.19. The van der Waals surface area contributed by atoms with E-state index >= 15 is 0 Å². The third-order valence-electron chi connectivity index (χ3n) is 8.45. The molecule has 0 amide bonds. The van der Waals surface area contributed by atoms with Gasteiger partial charge in [0, 0.05) is 11.1 Å². The van der Waals surface area contributed by atoms with E-state index in [9.17, 15) is 19.2 Å². The van der Waals surface area contributed by atoms with Crippen molar-refractivity contribution in [2.24, 2.45) is 22.6 Å². The predicted octanol–water partition coefficient (Wildman–Crippen LogP) is 7.04. The van der Waals surface area contributed by atoms with Crippen LogP contribution in [0, 0.1) is 17.2 Å². The Kier molecular flexibility index (Phi) is 10.0. The van der Waals surface area contributed by atoms with E-state index < -0.39 is 11.9 Å². The van der Waals surface area contributed by atoms with Crippen LogP contribution in [0.4, 0.5) is 0 Å². The molecule has 0 radical (unpaired) electrons. The topological polar surface area (TPSA) is 149 Å². The van der Waals surface area contributed by atoms with Crippen LogP contribution >= 0.6 is 0 Å². The highest BCUT2D eigenvalue weighted by atomic mass is 16.6. The lowest BCUT2D eigenvalue weighted by Gasteiger charge is -2.22. The number of fused-ring (bicyclic) bond motifs is 6. The van der Waals surface area contributed by atoms with Gasteiger partial charge >= 0.3 is 23.9 Å². The van der Waals surface area contributed by atoms with E-state index in [1.54, 1.807) is 12.1 Å². The van der Waals surface area contributed by atoms with E-state index in [2.05, 4.69) is 14.5 Å². The second-order valence-corrected chi connectivity index (χ2v) is 11.1. The van der Waals surface area contributed by atoms with Crippen LogP contribution in [0.15, 0.2) is 102 Å². The van der Waals surface area contributed by atoms with Crippen LogP contribution in [0.3, 0.4) is 0 Å². The number of nitrogens with two attached hydrogens (primary N) is 1. The Balaban J connectivity index is 0.000000158. The molecule has 0 spiro atoms. The molecule has 4 aliphatic rings. The third-order valence-corrected chi connectivity index (χ3v) is 8.45. The molecule has 9 rings (SSSR count). The number of esters is 4. The number of rotatable bonds is 0. The SMILES string of the molecule is C.C.C.N=C1N=C(N)c2cc3ccccc3cc21.O=C1OC(=O)C2Cc3ccccc3CC12.O=C1OC(=O)c2cc3ccccc3cc21. The van der Waals surface area contributed by atoms with E-state index in [1.807, 2.05) is 84.9 Å². The Hall–Kier alpha value is -5.96. The van der Waals surface area contributed by atoms with Crippen LogP contribution in [-0.2, 0) is 31.9 Å². The minimum absolute atomic E-state index is 0. The lowest BCUT2D eigenvalue weighted by Crippen LogP contribution is -2.27. The summed E-state index contributed by atoms with van der Waals surface area (Å²) in [5.41, 5.74) is 10.5. The first-order valence-corrected chi connectivity index (χ1v) is 14.3. The van der Waals surface area contributed by atoms with Crippen LogP contribution in [-0.4, -0.2) is 35.5 Å². The molecular weight excluding hydrogens is 606 g/mol. The predicted molar refractivity (Wildman–Crippen MR) is 187 cm³/mol. The summed E-state index contributed by atoms with van der Waals surface area (Å²) in [4.78, 5) is 49.3. The summed E-state index contributed by atoms with van der Waals surface area (Å²) in [6.07, 6.45) is 1.29. The van der Waals surface area contributed by atoms with Gasteiger partial charge in [-0.2, -0.15) is 0 Å². The molecule has 244 valence electrons. The zero-order valence-corrected chi connectivity index (χ0v) is 23.8. The van der Waals surface area contributed by atoms with Crippen molar-refractivity contribution < 1.29 is 28.7 Å². The molecule has 2 atom stereocenters. The number of nitrogens with zero attached hydrogens (tertiary/aromatic N) is 1. The van der Waals surface area contributed by atoms with E-state index in [1.165, 1.54) is 11.1 Å². The maximum atomic E-state index is 11.4. The quantitative estimate of drug-likeness (QED) is 0.136. The molecule has 5 aromatic carbocycles. The van der Waals surface area contributed by atoms with Crippen molar-refractivity contribution in [3.8, 4) is 0 Å². The summed E-state index contributed by atoms with van der Waals surface area (Å²) in [5.74, 6) is -1.59. The van der Waals surface area contributed by atoms with Gasteiger partial charge in [-0.3, -0.25) is 15.0 Å². The van der Waals surface area contributed by atoms with Gasteiger partial charge in [0.05, 0.1) is 23.0 Å². The van der Waals surface area contributed by atoms with Crippen LogP contribution in [0.1, 0.15) is 65.2 Å². The normalized spacial score (nSPS) is 17.7. The lowest BCUT2D eigenvalue weighted by atomic mass is 9.77. The monoisotopic (exact) mass is 643 g/mol. The van der Waals surface area contributed by atoms with Crippen molar-refractivity contribution in [3.05, 3.63) is 130 Å². The number of aliphatic imine (C=N–C) groups is 1. The smallest absolute Gasteiger partial charge is 0.346 e. The molecule has 3 heterocycles. The largest absolute Gasteiger partial charge is 0.393 e. The molecule has 9 nitrogen and oxygen atoms in total. The van der Waals surface area contributed by atoms with Gasteiger partial charge in [0.1, 0.15) is 5.84 Å². The minimum atomic E-state index is -0.555. The Bertz CT molecular complexity index is 2040. The maximum absolute atomic E-state index is 11.4. The van der Waals surface area contributed by atoms with Crippen molar-refractivity contribution >= 4 is 57.1 Å². The number of cyclic esters (lactones) is 4. The van der Waals surface area contributed by atoms with Crippen LogP contribution in [0.2, 0.25) is 0 Å². The number of benzene rings is 5. The number of hydrogen-bond acceptors (Lipinski definition) is 8. The molecular formula is C39H37N3O6. The number of ether oxygens (including phenoxy) is 2. The van der Waals surface area contributed by atoms with Gasteiger partial charge in [-0.15, -0.1) is 0 Å². The number of amidine groups is 2. The van der Waals surface area contributed by atoms with Crippen molar-refractivity contribution in [2.75, 3.05) is 0 Å². The maximum Gasteiger partial charge on any atom is 0.346 e. The van der Waals surface area contributed by atoms with E-state index in [4.69, 9.17) is 11.1 Å². The molecule has 3 aliphatic heterocycles. The number of hydrogen-bond donors (Lipinski definition) is 2. The first kappa shape index (κ1) is 34.9. The van der Waals surface area contributed by atoms with Crippen molar-refractivity contribution in [3.63, 3.8) is 0 Å². The lowest BCUT2D eigenvalue weighted by molar-refractivity contribution is -0.153. The van der Waals surface area contributed by atoms with Gasteiger partial charge in [-0.1, -0.05) is 95.1 Å². The fourth-order valence-corrected chi connectivity index (χ4v) is 6.12. The van der Waals surface area contributed by atoms with E-state index in [0.29, 0.717) is 29.8 Å². The average molecular weight is 644 g/mol. The van der Waals surface area contributed by atoms with Crippen molar-refractivity contribution in [1.29, 1.82) is 5.41 Å². The fourth-order valence-electron chi connectivity index (χ4n) is 6.12. The molecule has 5 aromatic rings. The first-order valence-electron chi connectivity index (χ1n) is 14.3. The average Bonchev–Trinajstić information content (AvgIpc) is 3.61. The summed E-state index contributed by atoms with van der Waals surface area (Å²) in [5, 5.41) is 11.8. The van der Waals surface area contributed by atoms with Crippen molar-refractivity contribution in [2.45, 2.75) is 35.1 Å². The summed E-state index contributed by atoms with van der Waals surface area (Å²) in [6.45, 7) is 0. The molecule has 1 fully saturated rings. The molecule has 1 saturated heterocycles. The highest BCUT2D eigenvalue weighted by Gasteiger charge is 2.46. The van der Waals surface area contributed by atoms with E-state index in [-0.39, 0.29) is 51.9 Å². The van der Waals surface area contributed by atoms with E-state index in [0.717, 1.165) is 32.7 Å². The molecule has 9 heteroatoms. The van der Waals surface area contributed by atoms with Gasteiger partial charge in [0.2, 0.25) is 0 Å². The molecule has 0 aromatic heterocycles. The number of nitrogens with one attached hydrogen (secondary N) is 1. The zero-order valence-electron chi connectivity index (χ0n) is 23.8. The Morgan fingerprint density at radius 2 is 0.938 bits per heavy atom. The molecule has 0 saturated carbocycles. The highest BCUT2D eigenvalue weighted by Crippen LogP contribution is 2.36. The minimum Gasteiger partial charge on any atom is -0.393 e. The molecule has 1 aliphatic carbocycles. The van der Waals surface area contributed by atoms with Gasteiger partial charge < -0.3 is 15.2 Å². The van der Waals surface area contributed by atoms with Crippen LogP contribution in [0.5, 0.6) is 0 Å². The number of carbonyl (C=O) groups excluding carboxylic acids is 4. The Labute approximate surface area is 278 Å². The molecule has 3 N–H and O–H groups in total. The highest BCUT2D eigenvalue weighted by molar-refractivity contribution is 6.22. The van der Waals surface area contributed by atoms with Gasteiger partial charge in [-0.25, -0.2) is 14.6 Å². The first-order chi connectivity index (χ1) is 21.8. The third kappa shape index (κ3) is 6.22.